The molecule has 2 amide bonds. The van der Waals surface area contributed by atoms with Crippen molar-refractivity contribution >= 4 is 11.8 Å². The molecule has 0 spiro atoms. The van der Waals surface area contributed by atoms with E-state index < -0.39 is 6.04 Å². The van der Waals surface area contributed by atoms with E-state index in [2.05, 4.69) is 36.4 Å². The maximum absolute atomic E-state index is 12.6. The Labute approximate surface area is 175 Å². The summed E-state index contributed by atoms with van der Waals surface area (Å²) in [6.45, 7) is 5.11. The molecule has 0 aliphatic carbocycles. The van der Waals surface area contributed by atoms with Crippen LogP contribution in [0.5, 0.6) is 5.75 Å². The monoisotopic (exact) mass is 412 g/mol. The molecule has 0 unspecified atom stereocenters. The normalized spacial score (nSPS) is 18.7. The number of carbonyl (C=O) groups excluding carboxylic acids is 2. The van der Waals surface area contributed by atoms with E-state index >= 15 is 0 Å². The van der Waals surface area contributed by atoms with E-state index in [1.54, 1.807) is 7.11 Å². The number of carbonyl (C=O) groups is 2. The standard InChI is InChI=1S/C21H28N6O3/c1-14-10-15(5-6-17(14)30-2)13-26-9-7-22-21(29)16(26)11-20(28)23-12-19-25-24-18-4-3-8-27(18)19/h5-6,10,16H,3-4,7-9,11-13H2,1-2H3,(H,22,29)(H,23,28)/t16-/m0/s1. The van der Waals surface area contributed by atoms with Gasteiger partial charge in [-0.05, 0) is 30.5 Å². The van der Waals surface area contributed by atoms with E-state index in [1.807, 2.05) is 19.1 Å². The van der Waals surface area contributed by atoms with Crippen LogP contribution in [0.15, 0.2) is 18.2 Å². The molecule has 1 aromatic heterocycles. The van der Waals surface area contributed by atoms with Crippen LogP contribution in [0.4, 0.5) is 0 Å². The van der Waals surface area contributed by atoms with Crippen molar-refractivity contribution in [1.29, 1.82) is 0 Å². The van der Waals surface area contributed by atoms with Crippen LogP contribution in [-0.2, 0) is 35.6 Å². The number of hydrogen-bond acceptors (Lipinski definition) is 6. The number of amides is 2. The Balaban J connectivity index is 1.38. The Hall–Kier alpha value is -2.94. The second-order valence-corrected chi connectivity index (χ2v) is 7.85. The van der Waals surface area contributed by atoms with Gasteiger partial charge in [-0.25, -0.2) is 0 Å². The summed E-state index contributed by atoms with van der Waals surface area (Å²) in [5.41, 5.74) is 2.14. The molecule has 3 heterocycles. The number of ether oxygens (including phenoxy) is 1. The predicted octanol–water partition coefficient (Wildman–Crippen LogP) is 0.548. The summed E-state index contributed by atoms with van der Waals surface area (Å²) < 4.78 is 7.39. The summed E-state index contributed by atoms with van der Waals surface area (Å²) in [4.78, 5) is 27.2. The highest BCUT2D eigenvalue weighted by Crippen LogP contribution is 2.21. The molecule has 160 valence electrons. The van der Waals surface area contributed by atoms with Crippen LogP contribution in [0, 0.1) is 6.92 Å². The zero-order chi connectivity index (χ0) is 21.1. The van der Waals surface area contributed by atoms with Crippen LogP contribution >= 0.6 is 0 Å². The second-order valence-electron chi connectivity index (χ2n) is 7.85. The van der Waals surface area contributed by atoms with Crippen LogP contribution in [0.2, 0.25) is 0 Å². The summed E-state index contributed by atoms with van der Waals surface area (Å²) in [6.07, 6.45) is 2.11. The summed E-state index contributed by atoms with van der Waals surface area (Å²) in [5.74, 6) is 2.32. The smallest absolute Gasteiger partial charge is 0.237 e. The first-order valence-electron chi connectivity index (χ1n) is 10.4. The van der Waals surface area contributed by atoms with Gasteiger partial charge in [-0.15, -0.1) is 10.2 Å². The summed E-state index contributed by atoms with van der Waals surface area (Å²) in [5, 5.41) is 14.1. The van der Waals surface area contributed by atoms with Gasteiger partial charge in [-0.2, -0.15) is 0 Å². The van der Waals surface area contributed by atoms with Crippen molar-refractivity contribution in [2.75, 3.05) is 20.2 Å². The van der Waals surface area contributed by atoms with Gasteiger partial charge in [-0.3, -0.25) is 14.5 Å². The highest BCUT2D eigenvalue weighted by atomic mass is 16.5. The van der Waals surface area contributed by atoms with Crippen molar-refractivity contribution in [3.8, 4) is 5.75 Å². The van der Waals surface area contributed by atoms with Crippen LogP contribution in [0.25, 0.3) is 0 Å². The van der Waals surface area contributed by atoms with E-state index in [4.69, 9.17) is 4.74 Å². The maximum Gasteiger partial charge on any atom is 0.237 e. The van der Waals surface area contributed by atoms with E-state index in [9.17, 15) is 9.59 Å². The first-order valence-corrected chi connectivity index (χ1v) is 10.4. The maximum atomic E-state index is 12.6. The third-order valence-electron chi connectivity index (χ3n) is 5.80. The fourth-order valence-corrected chi connectivity index (χ4v) is 4.21. The minimum Gasteiger partial charge on any atom is -0.496 e. The number of hydrogen-bond donors (Lipinski definition) is 2. The fraction of sp³-hybridized carbons (Fsp3) is 0.524. The van der Waals surface area contributed by atoms with Gasteiger partial charge in [0.25, 0.3) is 0 Å². The van der Waals surface area contributed by atoms with Crippen LogP contribution in [-0.4, -0.2) is 57.7 Å². The van der Waals surface area contributed by atoms with E-state index in [0.717, 1.165) is 47.9 Å². The topological polar surface area (TPSA) is 101 Å². The number of nitrogens with one attached hydrogen (secondary N) is 2. The largest absolute Gasteiger partial charge is 0.496 e. The van der Waals surface area contributed by atoms with Gasteiger partial charge in [0, 0.05) is 32.6 Å². The van der Waals surface area contributed by atoms with Gasteiger partial charge in [-0.1, -0.05) is 12.1 Å². The quantitative estimate of drug-likeness (QED) is 0.689. The second kappa shape index (κ2) is 8.83. The van der Waals surface area contributed by atoms with Crippen molar-refractivity contribution in [2.45, 2.75) is 51.9 Å². The van der Waals surface area contributed by atoms with E-state index in [0.29, 0.717) is 26.2 Å². The average molecular weight is 412 g/mol. The molecule has 2 aromatic rings. The van der Waals surface area contributed by atoms with Gasteiger partial charge in [0.1, 0.15) is 11.6 Å². The van der Waals surface area contributed by atoms with Crippen molar-refractivity contribution in [3.63, 3.8) is 0 Å². The molecule has 2 N–H and O–H groups in total. The molecule has 0 bridgehead atoms. The summed E-state index contributed by atoms with van der Waals surface area (Å²) in [7, 11) is 1.65. The van der Waals surface area contributed by atoms with Crippen LogP contribution in [0.3, 0.4) is 0 Å². The molecule has 9 nitrogen and oxygen atoms in total. The molecule has 1 aromatic carbocycles. The predicted molar refractivity (Wildman–Crippen MR) is 110 cm³/mol. The lowest BCUT2D eigenvalue weighted by Gasteiger charge is -2.34. The lowest BCUT2D eigenvalue weighted by molar-refractivity contribution is -0.134. The third-order valence-corrected chi connectivity index (χ3v) is 5.80. The molecule has 2 aliphatic rings. The molecule has 1 saturated heterocycles. The zero-order valence-corrected chi connectivity index (χ0v) is 17.5. The number of aryl methyl sites for hydroxylation is 2. The molecule has 9 heteroatoms. The summed E-state index contributed by atoms with van der Waals surface area (Å²) >= 11 is 0. The molecule has 0 saturated carbocycles. The van der Waals surface area contributed by atoms with Crippen molar-refractivity contribution in [1.82, 2.24) is 30.3 Å². The molecule has 2 aliphatic heterocycles. The Kier molecular flexibility index (Phi) is 5.98. The highest BCUT2D eigenvalue weighted by molar-refractivity contribution is 5.88. The van der Waals surface area contributed by atoms with Crippen LogP contribution in [0.1, 0.15) is 35.6 Å². The lowest BCUT2D eigenvalue weighted by Crippen LogP contribution is -2.56. The Morgan fingerprint density at radius 3 is 3.00 bits per heavy atom. The summed E-state index contributed by atoms with van der Waals surface area (Å²) in [6, 6.07) is 5.51. The Bertz CT molecular complexity index is 941. The van der Waals surface area contributed by atoms with Gasteiger partial charge < -0.3 is 19.9 Å². The first kappa shape index (κ1) is 20.3. The number of nitrogens with zero attached hydrogens (tertiary/aromatic N) is 4. The van der Waals surface area contributed by atoms with Crippen LogP contribution < -0.4 is 15.4 Å². The van der Waals surface area contributed by atoms with Crippen molar-refractivity contribution in [2.24, 2.45) is 0 Å². The molecule has 4 rings (SSSR count). The van der Waals surface area contributed by atoms with E-state index in [1.165, 1.54) is 0 Å². The molecule has 1 fully saturated rings. The van der Waals surface area contributed by atoms with Gasteiger partial charge >= 0.3 is 0 Å². The number of fused-ring (bicyclic) bond motifs is 1. The average Bonchev–Trinajstić information content (AvgIpc) is 3.33. The molecule has 30 heavy (non-hydrogen) atoms. The third kappa shape index (κ3) is 4.30. The number of rotatable bonds is 7. The molecular formula is C21H28N6O3. The lowest BCUT2D eigenvalue weighted by atomic mass is 10.1. The fourth-order valence-electron chi connectivity index (χ4n) is 4.21. The zero-order valence-electron chi connectivity index (χ0n) is 17.5. The minimum absolute atomic E-state index is 0.106. The van der Waals surface area contributed by atoms with Gasteiger partial charge in [0.05, 0.1) is 26.1 Å². The number of aromatic nitrogens is 3. The number of benzene rings is 1. The minimum atomic E-state index is -0.495. The van der Waals surface area contributed by atoms with Crippen molar-refractivity contribution in [3.05, 3.63) is 41.0 Å². The first-order chi connectivity index (χ1) is 14.5. The SMILES string of the molecule is COc1ccc(CN2CCNC(=O)[C@@H]2CC(=O)NCc2nnc3n2CCC3)cc1C. The molecular weight excluding hydrogens is 384 g/mol. The molecule has 0 radical (unpaired) electrons. The van der Waals surface area contributed by atoms with Gasteiger partial charge in [0.2, 0.25) is 11.8 Å². The highest BCUT2D eigenvalue weighted by Gasteiger charge is 2.31. The molecule has 1 atom stereocenters. The number of piperazine rings is 1. The Morgan fingerprint density at radius 2 is 2.20 bits per heavy atom. The van der Waals surface area contributed by atoms with Gasteiger partial charge in [0.15, 0.2) is 5.82 Å². The van der Waals surface area contributed by atoms with E-state index in [-0.39, 0.29) is 18.2 Å². The Morgan fingerprint density at radius 1 is 1.33 bits per heavy atom. The van der Waals surface area contributed by atoms with Crippen molar-refractivity contribution < 1.29 is 14.3 Å². The number of methoxy groups -OCH3 is 1.